The van der Waals surface area contributed by atoms with E-state index in [2.05, 4.69) is 43.2 Å². The molecular weight excluding hydrogens is 364 g/mol. The number of carbonyl (C=O) groups is 2. The van der Waals surface area contributed by atoms with Crippen molar-refractivity contribution >= 4 is 49.9 Å². The predicted molar refractivity (Wildman–Crippen MR) is 106 cm³/mol. The van der Waals surface area contributed by atoms with Gasteiger partial charge in [0.05, 0.1) is 0 Å². The van der Waals surface area contributed by atoms with Gasteiger partial charge in [-0.2, -0.15) is 37.9 Å². The predicted octanol–water partition coefficient (Wildman–Crippen LogP) is 2.14. The molecule has 0 aromatic heterocycles. The van der Waals surface area contributed by atoms with Crippen molar-refractivity contribution in [1.29, 1.82) is 0 Å². The third kappa shape index (κ3) is 2.96. The van der Waals surface area contributed by atoms with Crippen molar-refractivity contribution in [3.8, 4) is 0 Å². The summed E-state index contributed by atoms with van der Waals surface area (Å²) in [5, 5.41) is 3.07. The quantitative estimate of drug-likeness (QED) is 0.455. The Labute approximate surface area is 160 Å². The van der Waals surface area contributed by atoms with Crippen molar-refractivity contribution < 1.29 is 9.59 Å². The van der Waals surface area contributed by atoms with Gasteiger partial charge in [0.2, 0.25) is 0 Å². The van der Waals surface area contributed by atoms with Crippen LogP contribution >= 0.6 is 37.9 Å². The molecule has 2 aliphatic rings. The van der Waals surface area contributed by atoms with Crippen LogP contribution in [-0.2, 0) is 0 Å². The van der Waals surface area contributed by atoms with E-state index in [0.717, 1.165) is 19.3 Å². The van der Waals surface area contributed by atoms with E-state index in [4.69, 9.17) is 0 Å². The number of hydrogen-bond donors (Lipinski definition) is 4. The van der Waals surface area contributed by atoms with Gasteiger partial charge in [0.25, 0.3) is 0 Å². The van der Waals surface area contributed by atoms with Gasteiger partial charge in [-0.05, 0) is 50.4 Å². The second kappa shape index (κ2) is 7.86. The number of urea groups is 2. The van der Waals surface area contributed by atoms with Crippen LogP contribution in [0.2, 0.25) is 0 Å². The first-order valence-corrected chi connectivity index (χ1v) is 10.3. The van der Waals surface area contributed by atoms with Crippen LogP contribution in [0, 0.1) is 0 Å². The van der Waals surface area contributed by atoms with E-state index >= 15 is 0 Å². The normalized spacial score (nSPS) is 29.5. The van der Waals surface area contributed by atoms with Gasteiger partial charge in [-0.1, -0.05) is 0 Å². The van der Waals surface area contributed by atoms with E-state index in [1.165, 1.54) is 0 Å². The van der Waals surface area contributed by atoms with Crippen LogP contribution in [-0.4, -0.2) is 75.0 Å². The molecule has 0 aliphatic carbocycles. The molecule has 2 unspecified atom stereocenters. The summed E-state index contributed by atoms with van der Waals surface area (Å²) >= 11 is 12.8. The largest absolute Gasteiger partial charge is 0.324 e. The van der Waals surface area contributed by atoms with Crippen LogP contribution in [0.3, 0.4) is 0 Å². The molecule has 0 bridgehead atoms. The Morgan fingerprint density at radius 2 is 1.29 bits per heavy atom. The topological polar surface area (TPSA) is 55.9 Å². The van der Waals surface area contributed by atoms with Crippen molar-refractivity contribution in [3.05, 3.63) is 0 Å². The second-order valence-corrected chi connectivity index (χ2v) is 7.83. The minimum Gasteiger partial charge on any atom is -0.311 e. The average Bonchev–Trinajstić information content (AvgIpc) is 2.82. The average molecular weight is 393 g/mol. The molecular formula is C15H28N4O2S3. The lowest BCUT2D eigenvalue weighted by Crippen LogP contribution is -2.64. The van der Waals surface area contributed by atoms with E-state index in [9.17, 15) is 9.59 Å². The van der Waals surface area contributed by atoms with Crippen LogP contribution in [0.25, 0.3) is 0 Å². The lowest BCUT2D eigenvalue weighted by atomic mass is 9.95. The zero-order valence-electron chi connectivity index (χ0n) is 14.4. The lowest BCUT2D eigenvalue weighted by Gasteiger charge is -2.44. The van der Waals surface area contributed by atoms with Crippen LogP contribution in [0.15, 0.2) is 0 Å². The van der Waals surface area contributed by atoms with Gasteiger partial charge < -0.3 is 5.32 Å². The molecule has 2 saturated heterocycles. The smallest absolute Gasteiger partial charge is 0.311 e. The molecule has 6 nitrogen and oxygen atoms in total. The molecule has 2 atom stereocenters. The van der Waals surface area contributed by atoms with E-state index < -0.39 is 11.3 Å². The number of carbonyl (C=O) groups excluding carboxylic acids is 2. The molecule has 1 N–H and O–H groups in total. The Hall–Kier alpha value is -0.410. The van der Waals surface area contributed by atoms with Crippen LogP contribution in [0.4, 0.5) is 9.59 Å². The number of rotatable bonds is 9. The fourth-order valence-corrected chi connectivity index (χ4v) is 4.17. The Bertz CT molecular complexity index is 489. The summed E-state index contributed by atoms with van der Waals surface area (Å²) in [7, 11) is 0. The van der Waals surface area contributed by atoms with Crippen LogP contribution in [0.5, 0.6) is 0 Å². The highest BCUT2D eigenvalue weighted by Gasteiger charge is 2.70. The summed E-state index contributed by atoms with van der Waals surface area (Å²) in [4.78, 5) is 31.1. The first-order valence-electron chi connectivity index (χ1n) is 8.40. The van der Waals surface area contributed by atoms with Crippen molar-refractivity contribution in [2.24, 2.45) is 0 Å². The Kier molecular flexibility index (Phi) is 6.52. The van der Waals surface area contributed by atoms with Gasteiger partial charge in [0.15, 0.2) is 11.3 Å². The molecule has 2 heterocycles. The highest BCUT2D eigenvalue weighted by molar-refractivity contribution is 7.80. The maximum atomic E-state index is 13.1. The van der Waals surface area contributed by atoms with Crippen molar-refractivity contribution in [2.45, 2.75) is 44.4 Å². The minimum absolute atomic E-state index is 0.0283. The van der Waals surface area contributed by atoms with Crippen molar-refractivity contribution in [2.75, 3.05) is 36.9 Å². The third-order valence-corrected chi connectivity index (χ3v) is 6.14. The van der Waals surface area contributed by atoms with Crippen LogP contribution < -0.4 is 5.32 Å². The summed E-state index contributed by atoms with van der Waals surface area (Å²) in [5.41, 5.74) is -1.47. The fourth-order valence-electron chi connectivity index (χ4n) is 3.75. The number of hydrogen-bond acceptors (Lipinski definition) is 5. The molecule has 0 saturated carbocycles. The fraction of sp³-hybridized carbons (Fsp3) is 0.867. The van der Waals surface area contributed by atoms with Gasteiger partial charge in [0.1, 0.15) is 0 Å². The Morgan fingerprint density at radius 3 is 1.79 bits per heavy atom. The second-order valence-electron chi connectivity index (χ2n) is 6.49. The van der Waals surface area contributed by atoms with E-state index in [0.29, 0.717) is 36.9 Å². The molecule has 2 rings (SSSR count). The van der Waals surface area contributed by atoms with Crippen molar-refractivity contribution in [1.82, 2.24) is 20.0 Å². The van der Waals surface area contributed by atoms with Crippen molar-refractivity contribution in [3.63, 3.8) is 0 Å². The maximum absolute atomic E-state index is 13.1. The maximum Gasteiger partial charge on any atom is 0.324 e. The number of fused-ring (bicyclic) bond motifs is 1. The van der Waals surface area contributed by atoms with Crippen LogP contribution in [0.1, 0.15) is 33.1 Å². The molecule has 0 radical (unpaired) electrons. The van der Waals surface area contributed by atoms with Gasteiger partial charge in [0, 0.05) is 19.6 Å². The summed E-state index contributed by atoms with van der Waals surface area (Å²) in [6, 6.07) is -0.152. The Balaban J connectivity index is 2.40. The van der Waals surface area contributed by atoms with Gasteiger partial charge in [-0.15, -0.1) is 0 Å². The molecule has 2 aliphatic heterocycles. The number of nitrogens with one attached hydrogen (secondary N) is 1. The molecule has 0 spiro atoms. The molecule has 138 valence electrons. The first-order chi connectivity index (χ1) is 11.4. The minimum atomic E-state index is -0.753. The molecule has 4 amide bonds. The third-order valence-electron chi connectivity index (χ3n) is 5.19. The van der Waals surface area contributed by atoms with E-state index in [1.807, 2.05) is 18.7 Å². The zero-order valence-corrected chi connectivity index (χ0v) is 17.0. The summed E-state index contributed by atoms with van der Waals surface area (Å²) < 4.78 is 0. The number of nitrogens with zero attached hydrogens (tertiary/aromatic N) is 3. The van der Waals surface area contributed by atoms with Gasteiger partial charge in [-0.3, -0.25) is 14.7 Å². The highest BCUT2D eigenvalue weighted by atomic mass is 32.1. The molecule has 9 heteroatoms. The highest BCUT2D eigenvalue weighted by Crippen LogP contribution is 2.46. The standard InChI is InChI=1S/C15H28N4O2S3/c1-14-15(2,17(6-3-9-22)12(20)16-14)19(8-5-11-24)13(21)18(14)7-4-10-23/h22-24H,3-11H2,1-2H3,(H,16,20). The molecule has 0 aromatic carbocycles. The van der Waals surface area contributed by atoms with E-state index in [1.54, 1.807) is 9.80 Å². The Morgan fingerprint density at radius 1 is 0.833 bits per heavy atom. The SMILES string of the molecule is CC12NC(=O)N(CCCS)C1(C)N(CCCS)C(=O)N2CCCS. The summed E-state index contributed by atoms with van der Waals surface area (Å²) in [5.74, 6) is 2.10. The zero-order chi connectivity index (χ0) is 18.0. The summed E-state index contributed by atoms with van der Waals surface area (Å²) in [6.45, 7) is 5.67. The van der Waals surface area contributed by atoms with E-state index in [-0.39, 0.29) is 12.1 Å². The summed E-state index contributed by atoms with van der Waals surface area (Å²) in [6.07, 6.45) is 2.36. The number of amides is 4. The van der Waals surface area contributed by atoms with Gasteiger partial charge >= 0.3 is 12.1 Å². The number of thiol groups is 3. The molecule has 24 heavy (non-hydrogen) atoms. The molecule has 2 fully saturated rings. The first kappa shape index (κ1) is 19.9. The van der Waals surface area contributed by atoms with Gasteiger partial charge in [-0.25, -0.2) is 9.59 Å². The lowest BCUT2D eigenvalue weighted by molar-refractivity contribution is -0.00189. The monoisotopic (exact) mass is 392 g/mol. The molecule has 0 aromatic rings.